The minimum atomic E-state index is -4.32. The first-order valence-corrected chi connectivity index (χ1v) is 6.30. The highest BCUT2D eigenvalue weighted by Crippen LogP contribution is 2.31. The maximum absolute atomic E-state index is 12.5. The standard InChI is InChI=1S/C13H13F3N4/c14-13(15,16)9-3-1-8(2-4-9)12-19-18-11-7-10(17)5-6-20(11)12/h1-4,10H,5-7,17H2. The molecule has 0 amide bonds. The van der Waals surface area contributed by atoms with Crippen LogP contribution < -0.4 is 5.73 Å². The Kier molecular flexibility index (Phi) is 3.01. The average molecular weight is 282 g/mol. The minimum Gasteiger partial charge on any atom is -0.327 e. The number of hydrogen-bond donors (Lipinski definition) is 1. The van der Waals surface area contributed by atoms with Gasteiger partial charge in [-0.3, -0.25) is 0 Å². The molecule has 1 atom stereocenters. The maximum atomic E-state index is 12.5. The van der Waals surface area contributed by atoms with Gasteiger partial charge in [-0.05, 0) is 18.6 Å². The normalized spacial score (nSPS) is 18.9. The zero-order valence-electron chi connectivity index (χ0n) is 10.6. The van der Waals surface area contributed by atoms with Crippen molar-refractivity contribution in [2.24, 2.45) is 5.73 Å². The summed E-state index contributed by atoms with van der Waals surface area (Å²) in [4.78, 5) is 0. The molecule has 3 rings (SSSR count). The Morgan fingerprint density at radius 3 is 2.50 bits per heavy atom. The van der Waals surface area contributed by atoms with Crippen molar-refractivity contribution in [3.05, 3.63) is 35.7 Å². The molecule has 4 nitrogen and oxygen atoms in total. The van der Waals surface area contributed by atoms with Gasteiger partial charge < -0.3 is 10.3 Å². The molecule has 1 aromatic heterocycles. The summed E-state index contributed by atoms with van der Waals surface area (Å²) < 4.78 is 39.5. The molecule has 106 valence electrons. The number of alkyl halides is 3. The molecular weight excluding hydrogens is 269 g/mol. The van der Waals surface area contributed by atoms with Crippen LogP contribution in [0.5, 0.6) is 0 Å². The summed E-state index contributed by atoms with van der Waals surface area (Å²) in [5.74, 6) is 1.39. The summed E-state index contributed by atoms with van der Waals surface area (Å²) in [5.41, 5.74) is 5.83. The van der Waals surface area contributed by atoms with Gasteiger partial charge in [0.05, 0.1) is 5.56 Å². The Morgan fingerprint density at radius 1 is 1.15 bits per heavy atom. The molecule has 0 radical (unpaired) electrons. The summed E-state index contributed by atoms with van der Waals surface area (Å²) in [6.45, 7) is 0.694. The average Bonchev–Trinajstić information content (AvgIpc) is 2.80. The van der Waals surface area contributed by atoms with Gasteiger partial charge in [0.2, 0.25) is 0 Å². The van der Waals surface area contributed by atoms with Crippen molar-refractivity contribution >= 4 is 0 Å². The third kappa shape index (κ3) is 2.29. The van der Waals surface area contributed by atoms with Crippen molar-refractivity contribution in [2.45, 2.75) is 31.6 Å². The van der Waals surface area contributed by atoms with Crippen LogP contribution in [-0.4, -0.2) is 20.8 Å². The Balaban J connectivity index is 1.94. The molecule has 20 heavy (non-hydrogen) atoms. The molecule has 1 unspecified atom stereocenters. The van der Waals surface area contributed by atoms with E-state index in [0.717, 1.165) is 24.4 Å². The van der Waals surface area contributed by atoms with Crippen LogP contribution in [0.4, 0.5) is 13.2 Å². The second kappa shape index (κ2) is 4.59. The van der Waals surface area contributed by atoms with Crippen LogP contribution in [0.3, 0.4) is 0 Å². The smallest absolute Gasteiger partial charge is 0.327 e. The predicted molar refractivity (Wildman–Crippen MR) is 66.8 cm³/mol. The van der Waals surface area contributed by atoms with Crippen molar-refractivity contribution in [3.8, 4) is 11.4 Å². The van der Waals surface area contributed by atoms with Crippen molar-refractivity contribution < 1.29 is 13.2 Å². The van der Waals surface area contributed by atoms with Gasteiger partial charge in [-0.1, -0.05) is 12.1 Å². The number of fused-ring (bicyclic) bond motifs is 1. The summed E-state index contributed by atoms with van der Waals surface area (Å²) >= 11 is 0. The number of hydrogen-bond acceptors (Lipinski definition) is 3. The molecule has 0 spiro atoms. The van der Waals surface area contributed by atoms with Crippen molar-refractivity contribution in [2.75, 3.05) is 0 Å². The summed E-state index contributed by atoms with van der Waals surface area (Å²) in [6.07, 6.45) is -2.86. The second-order valence-electron chi connectivity index (χ2n) is 4.92. The number of halogens is 3. The van der Waals surface area contributed by atoms with Crippen molar-refractivity contribution in [1.29, 1.82) is 0 Å². The van der Waals surface area contributed by atoms with Crippen LogP contribution in [0.1, 0.15) is 17.8 Å². The molecule has 1 aliphatic heterocycles. The minimum absolute atomic E-state index is 0.0761. The van der Waals surface area contributed by atoms with Crippen LogP contribution in [0.25, 0.3) is 11.4 Å². The molecule has 0 aliphatic carbocycles. The van der Waals surface area contributed by atoms with E-state index in [2.05, 4.69) is 10.2 Å². The summed E-state index contributed by atoms with van der Waals surface area (Å²) in [7, 11) is 0. The third-order valence-electron chi connectivity index (χ3n) is 3.47. The van der Waals surface area contributed by atoms with E-state index in [1.165, 1.54) is 12.1 Å². The number of rotatable bonds is 1. The van der Waals surface area contributed by atoms with E-state index in [4.69, 9.17) is 5.73 Å². The van der Waals surface area contributed by atoms with Crippen LogP contribution >= 0.6 is 0 Å². The predicted octanol–water partition coefficient (Wildman–Crippen LogP) is 2.24. The third-order valence-corrected chi connectivity index (χ3v) is 3.47. The Morgan fingerprint density at radius 2 is 1.85 bits per heavy atom. The quantitative estimate of drug-likeness (QED) is 0.872. The monoisotopic (exact) mass is 282 g/mol. The first kappa shape index (κ1) is 13.1. The number of nitrogens with two attached hydrogens (primary N) is 1. The van der Waals surface area contributed by atoms with Crippen LogP contribution in [-0.2, 0) is 19.1 Å². The molecule has 2 aromatic rings. The van der Waals surface area contributed by atoms with E-state index in [0.29, 0.717) is 24.4 Å². The van der Waals surface area contributed by atoms with Crippen molar-refractivity contribution in [1.82, 2.24) is 14.8 Å². The maximum Gasteiger partial charge on any atom is 0.416 e. The van der Waals surface area contributed by atoms with Crippen LogP contribution in [0.2, 0.25) is 0 Å². The molecule has 1 aliphatic rings. The van der Waals surface area contributed by atoms with Crippen molar-refractivity contribution in [3.63, 3.8) is 0 Å². The summed E-state index contributed by atoms with van der Waals surface area (Å²) in [6, 6.07) is 5.05. The Hall–Kier alpha value is -1.89. The molecule has 0 saturated heterocycles. The lowest BCUT2D eigenvalue weighted by Gasteiger charge is -2.20. The van der Waals surface area contributed by atoms with E-state index < -0.39 is 11.7 Å². The summed E-state index contributed by atoms with van der Waals surface area (Å²) in [5, 5.41) is 8.14. The van der Waals surface area contributed by atoms with E-state index in [1.54, 1.807) is 0 Å². The molecular formula is C13H13F3N4. The van der Waals surface area contributed by atoms with Gasteiger partial charge >= 0.3 is 6.18 Å². The highest BCUT2D eigenvalue weighted by molar-refractivity contribution is 5.56. The molecule has 1 aromatic carbocycles. The second-order valence-corrected chi connectivity index (χ2v) is 4.92. The van der Waals surface area contributed by atoms with Gasteiger partial charge in [0, 0.05) is 24.6 Å². The topological polar surface area (TPSA) is 56.7 Å². The molecule has 7 heteroatoms. The van der Waals surface area contributed by atoms with Gasteiger partial charge in [-0.15, -0.1) is 10.2 Å². The van der Waals surface area contributed by atoms with E-state index in [-0.39, 0.29) is 6.04 Å². The molecule has 0 saturated carbocycles. The zero-order chi connectivity index (χ0) is 14.3. The van der Waals surface area contributed by atoms with E-state index in [9.17, 15) is 13.2 Å². The lowest BCUT2D eigenvalue weighted by molar-refractivity contribution is -0.137. The fraction of sp³-hybridized carbons (Fsp3) is 0.385. The zero-order valence-corrected chi connectivity index (χ0v) is 10.6. The van der Waals surface area contributed by atoms with E-state index >= 15 is 0 Å². The SMILES string of the molecule is NC1CCn2c(nnc2-c2ccc(C(F)(F)F)cc2)C1. The first-order valence-electron chi connectivity index (χ1n) is 6.30. The van der Waals surface area contributed by atoms with Gasteiger partial charge in [0.1, 0.15) is 5.82 Å². The van der Waals surface area contributed by atoms with Gasteiger partial charge in [0.25, 0.3) is 0 Å². The Bertz CT molecular complexity index is 616. The van der Waals surface area contributed by atoms with Crippen LogP contribution in [0.15, 0.2) is 24.3 Å². The van der Waals surface area contributed by atoms with Gasteiger partial charge in [-0.2, -0.15) is 13.2 Å². The molecule has 2 N–H and O–H groups in total. The fourth-order valence-corrected chi connectivity index (χ4v) is 2.37. The lowest BCUT2D eigenvalue weighted by atomic mass is 10.1. The number of benzene rings is 1. The van der Waals surface area contributed by atoms with Crippen LogP contribution in [0, 0.1) is 0 Å². The lowest BCUT2D eigenvalue weighted by Crippen LogP contribution is -2.31. The van der Waals surface area contributed by atoms with Gasteiger partial charge in [0.15, 0.2) is 5.82 Å². The van der Waals surface area contributed by atoms with Gasteiger partial charge in [-0.25, -0.2) is 0 Å². The number of nitrogens with zero attached hydrogens (tertiary/aromatic N) is 3. The molecule has 0 fully saturated rings. The van der Waals surface area contributed by atoms with E-state index in [1.807, 2.05) is 4.57 Å². The highest BCUT2D eigenvalue weighted by Gasteiger charge is 2.30. The highest BCUT2D eigenvalue weighted by atomic mass is 19.4. The number of aromatic nitrogens is 3. The fourth-order valence-electron chi connectivity index (χ4n) is 2.37. The first-order chi connectivity index (χ1) is 9.45. The largest absolute Gasteiger partial charge is 0.416 e. The molecule has 2 heterocycles. The molecule has 0 bridgehead atoms. The Labute approximate surface area is 113 Å².